The second-order valence-corrected chi connectivity index (χ2v) is 6.92. The van der Waals surface area contributed by atoms with Crippen LogP contribution in [0.15, 0.2) is 43.1 Å². The van der Waals surface area contributed by atoms with E-state index in [1.807, 2.05) is 44.4 Å². The van der Waals surface area contributed by atoms with Crippen LogP contribution in [-0.2, 0) is 13.0 Å². The quantitative estimate of drug-likeness (QED) is 0.554. The lowest BCUT2D eigenvalue weighted by Gasteiger charge is -2.11. The monoisotopic (exact) mass is 381 g/mol. The predicted octanol–water partition coefficient (Wildman–Crippen LogP) is 3.29. The zero-order valence-electron chi connectivity index (χ0n) is 15.2. The van der Waals surface area contributed by atoms with E-state index in [2.05, 4.69) is 36.1 Å². The highest BCUT2D eigenvalue weighted by Gasteiger charge is 2.10. The summed E-state index contributed by atoms with van der Waals surface area (Å²) >= 11 is 5.94. The molecule has 0 bridgehead atoms. The molecule has 0 atom stereocenters. The highest BCUT2D eigenvalue weighted by atomic mass is 35.5. The summed E-state index contributed by atoms with van der Waals surface area (Å²) in [7, 11) is 0. The minimum atomic E-state index is 0.604. The molecule has 4 rings (SSSR count). The van der Waals surface area contributed by atoms with Crippen molar-refractivity contribution in [2.45, 2.75) is 26.8 Å². The lowest BCUT2D eigenvalue weighted by atomic mass is 10.2. The molecule has 0 spiro atoms. The van der Waals surface area contributed by atoms with Gasteiger partial charge in [-0.1, -0.05) is 23.7 Å². The van der Waals surface area contributed by atoms with Crippen molar-refractivity contribution in [3.05, 3.63) is 70.7 Å². The summed E-state index contributed by atoms with van der Waals surface area (Å²) in [6, 6.07) is 7.87. The average molecular weight is 382 g/mol. The van der Waals surface area contributed by atoms with Gasteiger partial charge in [0.2, 0.25) is 0 Å². The van der Waals surface area contributed by atoms with Crippen molar-refractivity contribution in [1.29, 1.82) is 0 Å². The molecule has 0 unspecified atom stereocenters. The average Bonchev–Trinajstić information content (AvgIpc) is 3.29. The first-order valence-electron chi connectivity index (χ1n) is 8.76. The number of nitrogens with zero attached hydrogens (tertiary/aromatic N) is 6. The third-order valence-electron chi connectivity index (χ3n) is 4.55. The number of aromatic nitrogens is 6. The smallest absolute Gasteiger partial charge is 0.254 e. The van der Waals surface area contributed by atoms with Crippen LogP contribution in [0.2, 0.25) is 5.02 Å². The van der Waals surface area contributed by atoms with Crippen molar-refractivity contribution in [3.8, 4) is 0 Å². The summed E-state index contributed by atoms with van der Waals surface area (Å²) in [5.74, 6) is 1.53. The number of imidazole rings is 1. The third kappa shape index (κ3) is 3.78. The zero-order valence-corrected chi connectivity index (χ0v) is 16.0. The van der Waals surface area contributed by atoms with E-state index in [1.54, 1.807) is 4.52 Å². The minimum Gasteiger partial charge on any atom is -0.369 e. The number of halogens is 1. The number of hydrogen-bond acceptors (Lipinski definition) is 5. The van der Waals surface area contributed by atoms with Gasteiger partial charge >= 0.3 is 0 Å². The molecule has 0 aliphatic rings. The molecule has 0 aliphatic carbocycles. The Morgan fingerprint density at radius 2 is 1.93 bits per heavy atom. The van der Waals surface area contributed by atoms with Gasteiger partial charge in [0, 0.05) is 42.0 Å². The first kappa shape index (κ1) is 17.5. The fourth-order valence-electron chi connectivity index (χ4n) is 2.97. The number of fused-ring (bicyclic) bond motifs is 1. The molecule has 0 saturated carbocycles. The molecule has 138 valence electrons. The summed E-state index contributed by atoms with van der Waals surface area (Å²) < 4.78 is 3.82. The molecule has 0 aliphatic heterocycles. The second-order valence-electron chi connectivity index (χ2n) is 6.48. The van der Waals surface area contributed by atoms with E-state index in [9.17, 15) is 0 Å². The zero-order chi connectivity index (χ0) is 18.8. The number of anilines is 1. The molecule has 0 saturated heterocycles. The van der Waals surface area contributed by atoms with Gasteiger partial charge in [-0.2, -0.15) is 14.6 Å². The van der Waals surface area contributed by atoms with Crippen LogP contribution in [0.25, 0.3) is 5.78 Å². The van der Waals surface area contributed by atoms with Crippen LogP contribution in [0.1, 0.15) is 22.5 Å². The summed E-state index contributed by atoms with van der Waals surface area (Å²) in [5.41, 5.74) is 4.25. The Bertz CT molecular complexity index is 1070. The van der Waals surface area contributed by atoms with Gasteiger partial charge in [-0.25, -0.2) is 9.97 Å². The number of benzene rings is 1. The summed E-state index contributed by atoms with van der Waals surface area (Å²) in [4.78, 5) is 13.1. The SMILES string of the molecule is Cc1nc2ncnn2c(NCCc2cn(Cc3ccc(Cl)cc3)cn2)c1C. The topological polar surface area (TPSA) is 72.9 Å². The van der Waals surface area contributed by atoms with E-state index >= 15 is 0 Å². The molecule has 4 aromatic rings. The molecule has 1 aromatic carbocycles. The number of hydrogen-bond donors (Lipinski definition) is 1. The van der Waals surface area contributed by atoms with Crippen molar-refractivity contribution in [2.24, 2.45) is 0 Å². The maximum atomic E-state index is 5.94. The summed E-state index contributed by atoms with van der Waals surface area (Å²) in [6.45, 7) is 5.54. The van der Waals surface area contributed by atoms with Crippen LogP contribution in [0.3, 0.4) is 0 Å². The standard InChI is InChI=1S/C19H20ClN7/c1-13-14(2)25-19-22-11-24-27(19)18(13)21-8-7-17-10-26(12-23-17)9-15-3-5-16(20)6-4-15/h3-6,10-12,21H,7-9H2,1-2H3. The Balaban J connectivity index is 1.40. The van der Waals surface area contributed by atoms with E-state index in [1.165, 1.54) is 11.9 Å². The van der Waals surface area contributed by atoms with E-state index < -0.39 is 0 Å². The fourth-order valence-corrected chi connectivity index (χ4v) is 3.10. The van der Waals surface area contributed by atoms with Crippen molar-refractivity contribution in [3.63, 3.8) is 0 Å². The molecule has 0 fully saturated rings. The van der Waals surface area contributed by atoms with Gasteiger partial charge in [-0.05, 0) is 31.5 Å². The van der Waals surface area contributed by atoms with Gasteiger partial charge in [0.25, 0.3) is 5.78 Å². The van der Waals surface area contributed by atoms with Crippen molar-refractivity contribution in [1.82, 2.24) is 29.1 Å². The van der Waals surface area contributed by atoms with Crippen LogP contribution in [0.4, 0.5) is 5.82 Å². The largest absolute Gasteiger partial charge is 0.369 e. The molecule has 0 amide bonds. The van der Waals surface area contributed by atoms with Crippen molar-refractivity contribution < 1.29 is 0 Å². The molecule has 8 heteroatoms. The Morgan fingerprint density at radius 1 is 1.11 bits per heavy atom. The van der Waals surface area contributed by atoms with Crippen molar-refractivity contribution >= 4 is 23.2 Å². The van der Waals surface area contributed by atoms with Gasteiger partial charge in [-0.15, -0.1) is 0 Å². The molecular formula is C19H20ClN7. The fraction of sp³-hybridized carbons (Fsp3) is 0.263. The van der Waals surface area contributed by atoms with Gasteiger partial charge < -0.3 is 9.88 Å². The van der Waals surface area contributed by atoms with Crippen LogP contribution >= 0.6 is 11.6 Å². The first-order valence-corrected chi connectivity index (χ1v) is 9.14. The normalized spacial score (nSPS) is 11.2. The Labute approximate surface area is 162 Å². The van der Waals surface area contributed by atoms with E-state index in [0.717, 1.165) is 47.3 Å². The molecule has 1 N–H and O–H groups in total. The second kappa shape index (κ2) is 7.36. The molecule has 3 aromatic heterocycles. The minimum absolute atomic E-state index is 0.604. The van der Waals surface area contributed by atoms with Crippen LogP contribution in [0.5, 0.6) is 0 Å². The molecule has 0 radical (unpaired) electrons. The summed E-state index contributed by atoms with van der Waals surface area (Å²) in [6.07, 6.45) is 6.27. The summed E-state index contributed by atoms with van der Waals surface area (Å²) in [5, 5.41) is 8.46. The van der Waals surface area contributed by atoms with Gasteiger partial charge in [0.05, 0.1) is 12.0 Å². The Morgan fingerprint density at radius 3 is 2.74 bits per heavy atom. The van der Waals surface area contributed by atoms with Gasteiger partial charge in [0.1, 0.15) is 12.1 Å². The Hall–Kier alpha value is -2.93. The number of rotatable bonds is 6. The van der Waals surface area contributed by atoms with Gasteiger partial charge in [0.15, 0.2) is 0 Å². The van der Waals surface area contributed by atoms with E-state index in [-0.39, 0.29) is 0 Å². The molecule has 7 nitrogen and oxygen atoms in total. The number of aryl methyl sites for hydroxylation is 1. The highest BCUT2D eigenvalue weighted by Crippen LogP contribution is 2.17. The van der Waals surface area contributed by atoms with Crippen LogP contribution in [-0.4, -0.2) is 35.7 Å². The number of nitrogens with one attached hydrogen (secondary N) is 1. The first-order chi connectivity index (χ1) is 13.1. The predicted molar refractivity (Wildman–Crippen MR) is 105 cm³/mol. The van der Waals surface area contributed by atoms with E-state index in [4.69, 9.17) is 11.6 Å². The van der Waals surface area contributed by atoms with Crippen LogP contribution < -0.4 is 5.32 Å². The van der Waals surface area contributed by atoms with Crippen molar-refractivity contribution in [2.75, 3.05) is 11.9 Å². The molecule has 27 heavy (non-hydrogen) atoms. The Kier molecular flexibility index (Phi) is 4.77. The van der Waals surface area contributed by atoms with E-state index in [0.29, 0.717) is 5.78 Å². The maximum absolute atomic E-state index is 5.94. The molecular weight excluding hydrogens is 362 g/mol. The lowest BCUT2D eigenvalue weighted by molar-refractivity contribution is 0.796. The highest BCUT2D eigenvalue weighted by molar-refractivity contribution is 6.30. The van der Waals surface area contributed by atoms with Crippen LogP contribution in [0, 0.1) is 13.8 Å². The van der Waals surface area contributed by atoms with Gasteiger partial charge in [-0.3, -0.25) is 0 Å². The maximum Gasteiger partial charge on any atom is 0.254 e. The molecule has 3 heterocycles. The third-order valence-corrected chi connectivity index (χ3v) is 4.80. The lowest BCUT2D eigenvalue weighted by Crippen LogP contribution is -2.12.